The molecule has 0 aliphatic rings. The average Bonchev–Trinajstić information content (AvgIpc) is 3.20. The van der Waals surface area contributed by atoms with E-state index in [4.69, 9.17) is 39.5 Å². The Morgan fingerprint density at radius 3 is 2.52 bits per heavy atom. The molecule has 0 aliphatic heterocycles. The zero-order chi connectivity index (χ0) is 21.0. The molecule has 0 saturated heterocycles. The Kier molecular flexibility index (Phi) is 7.17. The van der Waals surface area contributed by atoms with Crippen molar-refractivity contribution in [1.29, 1.82) is 0 Å². The van der Waals surface area contributed by atoms with Crippen LogP contribution in [0.15, 0.2) is 60.0 Å². The van der Waals surface area contributed by atoms with Crippen LogP contribution in [0.5, 0.6) is 5.75 Å². The van der Waals surface area contributed by atoms with E-state index in [1.807, 2.05) is 60.0 Å². The Balaban J connectivity index is 1.93. The summed E-state index contributed by atoms with van der Waals surface area (Å²) < 4.78 is 4.83. The molecule has 2 aromatic carbocycles. The number of carbonyl (C=O) groups is 1. The highest BCUT2D eigenvalue weighted by molar-refractivity contribution is 7.10. The van der Waals surface area contributed by atoms with E-state index in [1.165, 1.54) is 11.9 Å². The summed E-state index contributed by atoms with van der Waals surface area (Å²) >= 11 is 19.5. The summed E-state index contributed by atoms with van der Waals surface area (Å²) in [6.45, 7) is 0. The lowest BCUT2D eigenvalue weighted by atomic mass is 10.0. The summed E-state index contributed by atoms with van der Waals surface area (Å²) in [5, 5.41) is 13.5. The molecular formula is C21H20Cl3NO3S. The Morgan fingerprint density at radius 2 is 1.86 bits per heavy atom. The van der Waals surface area contributed by atoms with Crippen molar-refractivity contribution in [3.05, 3.63) is 64.9 Å². The number of halogens is 3. The molecule has 2 atom stereocenters. The normalized spacial score (nSPS) is 13.8. The van der Waals surface area contributed by atoms with E-state index in [2.05, 4.69) is 0 Å². The molecule has 1 amide bonds. The number of benzene rings is 2. The van der Waals surface area contributed by atoms with E-state index >= 15 is 0 Å². The van der Waals surface area contributed by atoms with Gasteiger partial charge in [0.15, 0.2) is 3.79 Å². The first-order chi connectivity index (χ1) is 13.7. The second kappa shape index (κ2) is 9.43. The van der Waals surface area contributed by atoms with Crippen LogP contribution in [0.25, 0.3) is 10.8 Å². The largest absolute Gasteiger partial charge is 0.484 e. The number of nitrogens with zero attached hydrogens (tertiary/aromatic N) is 1. The van der Waals surface area contributed by atoms with Crippen molar-refractivity contribution < 1.29 is 14.6 Å². The number of rotatable bonds is 7. The number of amides is 1. The molecule has 0 fully saturated rings. The molecular weight excluding hydrogens is 453 g/mol. The van der Waals surface area contributed by atoms with Crippen LogP contribution in [-0.4, -0.2) is 33.0 Å². The van der Waals surface area contributed by atoms with Gasteiger partial charge in [-0.1, -0.05) is 77.3 Å². The summed E-state index contributed by atoms with van der Waals surface area (Å²) in [5.41, 5.74) is 0. The van der Waals surface area contributed by atoms with Gasteiger partial charge in [0.2, 0.25) is 0 Å². The average molecular weight is 473 g/mol. The molecule has 0 spiro atoms. The maximum Gasteiger partial charge on any atom is 0.407 e. The number of carboxylic acid groups (broad SMARTS) is 1. The van der Waals surface area contributed by atoms with E-state index in [0.29, 0.717) is 6.42 Å². The first-order valence-corrected chi connectivity index (χ1v) is 11.0. The van der Waals surface area contributed by atoms with Crippen molar-refractivity contribution in [3.63, 3.8) is 0 Å². The molecule has 3 rings (SSSR count). The highest BCUT2D eigenvalue weighted by atomic mass is 35.6. The predicted octanol–water partition coefficient (Wildman–Crippen LogP) is 7.15. The van der Waals surface area contributed by atoms with E-state index in [9.17, 15) is 9.90 Å². The van der Waals surface area contributed by atoms with Crippen LogP contribution in [0.2, 0.25) is 0 Å². The van der Waals surface area contributed by atoms with Gasteiger partial charge < -0.3 is 14.7 Å². The fraction of sp³-hybridized carbons (Fsp3) is 0.286. The standard InChI is InChI=1S/C21H20Cl3NO3S/c1-25(20(26)27)15(13-21(22,23)24)12-18(19-10-5-11-29-19)28-17-9-4-7-14-6-2-3-8-16(14)17/h2-11,15,18H,12-13H2,1H3,(H,26,27). The minimum absolute atomic E-state index is 0.0568. The molecule has 8 heteroatoms. The fourth-order valence-corrected chi connectivity index (χ4v) is 4.50. The molecule has 154 valence electrons. The van der Waals surface area contributed by atoms with Crippen molar-refractivity contribution in [2.75, 3.05) is 7.05 Å². The van der Waals surface area contributed by atoms with Gasteiger partial charge in [0.05, 0.1) is 0 Å². The Labute approximate surface area is 188 Å². The minimum atomic E-state index is -1.58. The van der Waals surface area contributed by atoms with Gasteiger partial charge in [0, 0.05) is 36.2 Å². The molecule has 1 N–H and O–H groups in total. The molecule has 1 aromatic heterocycles. The zero-order valence-corrected chi connectivity index (χ0v) is 18.7. The number of hydrogen-bond acceptors (Lipinski definition) is 3. The third kappa shape index (κ3) is 5.92. The number of alkyl halides is 3. The molecule has 3 aromatic rings. The van der Waals surface area contributed by atoms with Crippen molar-refractivity contribution in [2.24, 2.45) is 0 Å². The van der Waals surface area contributed by atoms with Gasteiger partial charge in [-0.3, -0.25) is 0 Å². The number of fused-ring (bicyclic) bond motifs is 1. The first-order valence-electron chi connectivity index (χ1n) is 8.95. The van der Waals surface area contributed by atoms with Gasteiger partial charge in [0.25, 0.3) is 0 Å². The van der Waals surface area contributed by atoms with Crippen molar-refractivity contribution in [3.8, 4) is 5.75 Å². The van der Waals surface area contributed by atoms with Crippen LogP contribution >= 0.6 is 46.1 Å². The minimum Gasteiger partial charge on any atom is -0.484 e. The number of hydrogen-bond donors (Lipinski definition) is 1. The lowest BCUT2D eigenvalue weighted by Crippen LogP contribution is -2.40. The van der Waals surface area contributed by atoms with Gasteiger partial charge in [-0.25, -0.2) is 4.79 Å². The lowest BCUT2D eigenvalue weighted by molar-refractivity contribution is 0.109. The Bertz CT molecular complexity index is 954. The van der Waals surface area contributed by atoms with E-state index in [-0.39, 0.29) is 12.5 Å². The maximum atomic E-state index is 11.6. The lowest BCUT2D eigenvalue weighted by Gasteiger charge is -2.31. The highest BCUT2D eigenvalue weighted by Gasteiger charge is 2.33. The molecule has 1 heterocycles. The fourth-order valence-electron chi connectivity index (χ4n) is 3.20. The number of ether oxygens (including phenoxy) is 1. The molecule has 0 radical (unpaired) electrons. The quantitative estimate of drug-likeness (QED) is 0.371. The van der Waals surface area contributed by atoms with Gasteiger partial charge in [0.1, 0.15) is 11.9 Å². The molecule has 0 saturated carbocycles. The Morgan fingerprint density at radius 1 is 1.14 bits per heavy atom. The smallest absolute Gasteiger partial charge is 0.407 e. The van der Waals surface area contributed by atoms with Crippen LogP contribution < -0.4 is 4.74 Å². The van der Waals surface area contributed by atoms with E-state index in [1.54, 1.807) is 11.3 Å². The van der Waals surface area contributed by atoms with E-state index < -0.39 is 15.9 Å². The van der Waals surface area contributed by atoms with Crippen LogP contribution in [0, 0.1) is 0 Å². The number of thiophene rings is 1. The maximum absolute atomic E-state index is 11.6. The summed E-state index contributed by atoms with van der Waals surface area (Å²) in [4.78, 5) is 13.7. The van der Waals surface area contributed by atoms with Crippen LogP contribution in [0.1, 0.15) is 23.8 Å². The summed E-state index contributed by atoms with van der Waals surface area (Å²) in [6.07, 6.45) is -1.07. The Hall–Kier alpha value is -1.66. The first kappa shape index (κ1) is 22.0. The topological polar surface area (TPSA) is 49.8 Å². The van der Waals surface area contributed by atoms with Crippen molar-refractivity contribution in [2.45, 2.75) is 28.8 Å². The molecule has 4 nitrogen and oxygen atoms in total. The van der Waals surface area contributed by atoms with Gasteiger partial charge in [-0.15, -0.1) is 11.3 Å². The highest BCUT2D eigenvalue weighted by Crippen LogP contribution is 2.38. The third-order valence-corrected chi connectivity index (χ3v) is 6.11. The van der Waals surface area contributed by atoms with Gasteiger partial charge >= 0.3 is 6.09 Å². The zero-order valence-electron chi connectivity index (χ0n) is 15.6. The summed E-state index contributed by atoms with van der Waals surface area (Å²) in [7, 11) is 1.48. The molecule has 29 heavy (non-hydrogen) atoms. The van der Waals surface area contributed by atoms with Crippen molar-refractivity contribution in [1.82, 2.24) is 4.90 Å². The predicted molar refractivity (Wildman–Crippen MR) is 121 cm³/mol. The SMILES string of the molecule is CN(C(=O)O)C(CC(Oc1cccc2ccccc12)c1cccs1)CC(Cl)(Cl)Cl. The van der Waals surface area contributed by atoms with E-state index in [0.717, 1.165) is 21.4 Å². The van der Waals surface area contributed by atoms with Crippen molar-refractivity contribution >= 4 is 63.0 Å². The molecule has 2 unspecified atom stereocenters. The van der Waals surface area contributed by atoms with Gasteiger partial charge in [-0.2, -0.15) is 0 Å². The second-order valence-corrected chi connectivity index (χ2v) is 10.2. The second-order valence-electron chi connectivity index (χ2n) is 6.70. The van der Waals surface area contributed by atoms with Crippen LogP contribution in [-0.2, 0) is 0 Å². The molecule has 0 bridgehead atoms. The monoisotopic (exact) mass is 471 g/mol. The van der Waals surface area contributed by atoms with Gasteiger partial charge in [-0.05, 0) is 22.9 Å². The summed E-state index contributed by atoms with van der Waals surface area (Å²) in [5.74, 6) is 0.729. The van der Waals surface area contributed by atoms with Crippen LogP contribution in [0.3, 0.4) is 0 Å². The summed E-state index contributed by atoms with van der Waals surface area (Å²) in [6, 6.07) is 17.2. The third-order valence-electron chi connectivity index (χ3n) is 4.68. The molecule has 0 aliphatic carbocycles. The van der Waals surface area contributed by atoms with Crippen LogP contribution in [0.4, 0.5) is 4.79 Å².